The maximum absolute atomic E-state index is 13.0. The van der Waals surface area contributed by atoms with Crippen LogP contribution in [0.2, 0.25) is 20.1 Å². The van der Waals surface area contributed by atoms with Gasteiger partial charge < -0.3 is 4.74 Å². The normalized spacial score (nSPS) is 16.1. The van der Waals surface area contributed by atoms with Gasteiger partial charge in [-0.05, 0) is 163 Å². The summed E-state index contributed by atoms with van der Waals surface area (Å²) >= 11 is 23.4. The van der Waals surface area contributed by atoms with Gasteiger partial charge >= 0.3 is 42.2 Å². The molecule has 42 heteroatoms. The molecule has 138 heavy (non-hydrogen) atoms. The summed E-state index contributed by atoms with van der Waals surface area (Å²) in [6.45, 7) is 3.66. The fourth-order valence-corrected chi connectivity index (χ4v) is 12.1. The van der Waals surface area contributed by atoms with Crippen LogP contribution in [0.1, 0.15) is 52.8 Å². The molecule has 7 aromatic carbocycles. The van der Waals surface area contributed by atoms with Gasteiger partial charge in [-0.1, -0.05) is 229 Å². The third-order valence-corrected chi connectivity index (χ3v) is 18.9. The monoisotopic (exact) mass is 1950 g/mol. The van der Waals surface area contributed by atoms with Crippen LogP contribution in [0, 0.1) is 11.6 Å². The van der Waals surface area contributed by atoms with Crippen molar-refractivity contribution < 1.29 is 114 Å². The minimum atomic E-state index is -0.846. The van der Waals surface area contributed by atoms with Gasteiger partial charge in [-0.25, -0.2) is 42.3 Å². The number of para-hydroxylation sites is 1. The van der Waals surface area contributed by atoms with Crippen LogP contribution < -0.4 is 68.5 Å². The highest BCUT2D eigenvalue weighted by atomic mass is 35.5. The highest BCUT2D eigenvalue weighted by Crippen LogP contribution is 2.23. The van der Waals surface area contributed by atoms with Gasteiger partial charge in [0.05, 0.1) is 7.11 Å². The van der Waals surface area contributed by atoms with E-state index >= 15 is 0 Å². The maximum Gasteiger partial charge on any atom is 0.331 e. The molecule has 0 radical (unpaired) electrons. The molecule has 36 nitrogen and oxygen atoms in total. The lowest BCUT2D eigenvalue weighted by molar-refractivity contribution is -0.131. The van der Waals surface area contributed by atoms with E-state index in [1.54, 1.807) is 185 Å². The van der Waals surface area contributed by atoms with Gasteiger partial charge in [0.1, 0.15) is 56.4 Å². The number of imide groups is 14. The van der Waals surface area contributed by atoms with E-state index in [-0.39, 0.29) is 63.7 Å². The molecule has 14 rings (SSSR count). The fraction of sp³-hybridized carbons (Fsp3) is 0.0521. The first-order valence-corrected chi connectivity index (χ1v) is 41.5. The quantitative estimate of drug-likeness (QED) is 0.0298. The highest BCUT2D eigenvalue weighted by molar-refractivity contribution is 6.35. The molecule has 7 heterocycles. The lowest BCUT2D eigenvalue weighted by atomic mass is 10.1. The van der Waals surface area contributed by atoms with Crippen LogP contribution in [0.3, 0.4) is 0 Å². The average Bonchev–Trinajstić information content (AvgIpc) is 0.816. The Balaban J connectivity index is 0.000000198. The second-order valence-electron chi connectivity index (χ2n) is 27.4. The Kier molecular flexibility index (Phi) is 39.9. The number of nitrogens with one attached hydrogen (secondary N) is 12. The number of hydrogen-bond acceptors (Lipinski definition) is 22. The van der Waals surface area contributed by atoms with E-state index in [9.17, 15) is 109 Å². The molecule has 0 spiro atoms. The largest absolute Gasteiger partial charge is 0.496 e. The molecule has 0 unspecified atom stereocenters. The smallest absolute Gasteiger partial charge is 0.331 e. The number of halogens is 6. The zero-order chi connectivity index (χ0) is 101. The SMILES string of the molecule is CCN1C(=O)NC(=O)/C(=C\C=C\c2cccc(Cl)c2)C1=O.CCN1C(=O)NC(=O)/C(=C\C=C\c2cccc(F)c2)C1=O.COc1ccccc1/C=C/C=C1C(=O)NC(=O)NC1=O.O=C1NC(=O)C(=C/C=C/c2ccc(Cl)cc2)C(=O)N1.O=C1NC(=O)C(=C/C=C/c2cccc(Cl)c2)C(=O)N1.O=C1NC(=O)C(=C/C=C/c2cccc(F)c2)C(=O)N1.O=C1NC(=O)C(=C/C=C/c2ccccc2Cl)C(=O)N1. The molecule has 0 saturated carbocycles. The summed E-state index contributed by atoms with van der Waals surface area (Å²) in [6, 6.07) is 41.9. The Labute approximate surface area is 801 Å². The fourth-order valence-electron chi connectivity index (χ4n) is 11.3. The van der Waals surface area contributed by atoms with Crippen LogP contribution in [0.25, 0.3) is 42.5 Å². The molecule has 0 atom stereocenters. The van der Waals surface area contributed by atoms with Crippen molar-refractivity contribution in [2.45, 2.75) is 13.8 Å². The number of carbonyl (C=O) groups excluding carboxylic acids is 21. The van der Waals surface area contributed by atoms with Crippen molar-refractivity contribution >= 4 is 214 Å². The predicted octanol–water partition coefficient (Wildman–Crippen LogP) is 11.3. The summed E-state index contributed by atoms with van der Waals surface area (Å²) in [6.07, 6.45) is 31.4. The second-order valence-corrected chi connectivity index (χ2v) is 29.1. The van der Waals surface area contributed by atoms with Crippen molar-refractivity contribution in [3.63, 3.8) is 0 Å². The number of allylic oxidation sites excluding steroid dienone is 14. The molecule has 7 aromatic rings. The van der Waals surface area contributed by atoms with Crippen molar-refractivity contribution in [1.29, 1.82) is 0 Å². The van der Waals surface area contributed by atoms with E-state index in [0.717, 1.165) is 37.6 Å². The minimum absolute atomic E-state index is 0.0743. The standard InChI is InChI=1S/C15H13ClN2O3.C15H13FN2O3.C14H12N2O4.3C13H9ClN2O3.C13H9FN2O3/c2*1-2-18-14(20)12(13(19)17-15(18)21)8-4-6-10-5-3-7-11(16)9-10;1-20-11-8-3-2-5-9(11)6-4-7-10-12(17)15-14(19)16-13(10)18;14-9-5-1-3-8(7-9)4-2-6-10-11(17)15-13(19)16-12(10)18;14-10-7-2-1-4-8(10)5-3-6-9-11(17)15-13(19)16-12(9)18;14-9-6-4-8(5-7-9)2-1-3-10-11(17)15-13(19)16-12(10)18;14-9-5-1-3-8(7-9)4-2-6-10-11(17)15-13(19)16-12(10)18/h2*3-9H,2H2,1H3,(H,17,19,21);2-8H,1H3,(H2,15,16,17,18,19);4*1-7H,(H2,15,16,17,18,19)/b2*6-4+,12-8+;6-4+;4-2+;5-3+;2-1+;4-2+. The number of methoxy groups -OCH3 is 1. The van der Waals surface area contributed by atoms with Gasteiger partial charge in [-0.3, -0.25) is 141 Å². The van der Waals surface area contributed by atoms with Crippen LogP contribution >= 0.6 is 46.4 Å². The number of nitrogens with zero attached hydrogens (tertiary/aromatic N) is 2. The molecule has 0 aliphatic carbocycles. The Morgan fingerprint density at radius 3 is 0.826 bits per heavy atom. The van der Waals surface area contributed by atoms with Gasteiger partial charge in [0.25, 0.3) is 82.7 Å². The Bertz CT molecular complexity index is 6290. The van der Waals surface area contributed by atoms with E-state index in [4.69, 9.17) is 51.1 Å². The minimum Gasteiger partial charge on any atom is -0.496 e. The van der Waals surface area contributed by atoms with Gasteiger partial charge in [-0.15, -0.1) is 0 Å². The van der Waals surface area contributed by atoms with Crippen LogP contribution in [0.4, 0.5) is 42.3 Å². The maximum atomic E-state index is 13.0. The van der Waals surface area contributed by atoms with Crippen molar-refractivity contribution in [3.8, 4) is 5.75 Å². The Morgan fingerprint density at radius 1 is 0.268 bits per heavy atom. The molecule has 7 aliphatic heterocycles. The van der Waals surface area contributed by atoms with E-state index in [2.05, 4.69) is 10.6 Å². The second kappa shape index (κ2) is 52.3. The molecular weight excluding hydrogens is 1880 g/mol. The van der Waals surface area contributed by atoms with Crippen LogP contribution in [-0.2, 0) is 67.1 Å². The highest BCUT2D eigenvalue weighted by Gasteiger charge is 2.37. The van der Waals surface area contributed by atoms with E-state index in [0.29, 0.717) is 37.0 Å². The van der Waals surface area contributed by atoms with Crippen molar-refractivity contribution in [3.05, 3.63) is 365 Å². The number of ether oxygens (including phenoxy) is 1. The first kappa shape index (κ1) is 105. The molecule has 28 amide bonds. The number of benzene rings is 7. The first-order chi connectivity index (χ1) is 65.9. The molecular formula is C96H74Cl4F2N14O22. The lowest BCUT2D eigenvalue weighted by Crippen LogP contribution is -2.53. The summed E-state index contributed by atoms with van der Waals surface area (Å²) in [7, 11) is 1.55. The van der Waals surface area contributed by atoms with Gasteiger partial charge in [0.15, 0.2) is 0 Å². The molecule has 0 aromatic heterocycles. The van der Waals surface area contributed by atoms with Gasteiger partial charge in [0, 0.05) is 38.7 Å². The van der Waals surface area contributed by atoms with Crippen LogP contribution in [0.5, 0.6) is 5.75 Å². The zero-order valence-electron chi connectivity index (χ0n) is 71.8. The number of urea groups is 7. The summed E-state index contributed by atoms with van der Waals surface area (Å²) in [5.41, 5.74) is 4.38. The molecule has 12 N–H and O–H groups in total. The number of hydrogen-bond donors (Lipinski definition) is 12. The third-order valence-electron chi connectivity index (χ3n) is 17.9. The van der Waals surface area contributed by atoms with E-state index < -0.39 is 125 Å². The summed E-state index contributed by atoms with van der Waals surface area (Å²) in [5, 5.41) is 26.4. The van der Waals surface area contributed by atoms with Crippen LogP contribution in [0.15, 0.2) is 294 Å². The van der Waals surface area contributed by atoms with Crippen LogP contribution in [-0.4, -0.2) is 155 Å². The van der Waals surface area contributed by atoms with Gasteiger partial charge in [0.2, 0.25) is 0 Å². The van der Waals surface area contributed by atoms with E-state index in [1.165, 1.54) is 97.2 Å². The molecule has 702 valence electrons. The molecule has 0 bridgehead atoms. The summed E-state index contributed by atoms with van der Waals surface area (Å²) in [4.78, 5) is 240. The number of rotatable bonds is 17. The van der Waals surface area contributed by atoms with Crippen molar-refractivity contribution in [2.24, 2.45) is 0 Å². The first-order valence-electron chi connectivity index (χ1n) is 39.9. The van der Waals surface area contributed by atoms with Gasteiger partial charge in [-0.2, -0.15) is 0 Å². The summed E-state index contributed by atoms with van der Waals surface area (Å²) < 4.78 is 31.1. The Morgan fingerprint density at radius 2 is 0.529 bits per heavy atom. The number of barbiturate groups is 7. The summed E-state index contributed by atoms with van der Waals surface area (Å²) in [5.74, 6) is -10.0. The number of likely N-dealkylation sites (N-methyl/N-ethyl adjacent to an activating group) is 2. The number of carbonyl (C=O) groups is 21. The molecule has 7 fully saturated rings. The van der Waals surface area contributed by atoms with E-state index in [1.807, 2.05) is 89.6 Å². The third kappa shape index (κ3) is 32.8. The zero-order valence-corrected chi connectivity index (χ0v) is 74.9. The topological polar surface area (TPSA) is 519 Å². The Hall–Kier alpha value is -18.0. The van der Waals surface area contributed by atoms with Crippen molar-refractivity contribution in [2.75, 3.05) is 20.2 Å². The number of amides is 28. The lowest BCUT2D eigenvalue weighted by Gasteiger charge is -2.24. The average molecular weight is 1960 g/mol. The van der Waals surface area contributed by atoms with Crippen molar-refractivity contribution in [1.82, 2.24) is 73.6 Å². The predicted molar refractivity (Wildman–Crippen MR) is 502 cm³/mol. The molecule has 7 saturated heterocycles. The molecule has 7 aliphatic rings.